The van der Waals surface area contributed by atoms with Gasteiger partial charge in [0.1, 0.15) is 29.6 Å². The van der Waals surface area contributed by atoms with E-state index in [4.69, 9.17) is 15.3 Å². The van der Waals surface area contributed by atoms with Crippen molar-refractivity contribution in [2.24, 2.45) is 15.8 Å². The van der Waals surface area contributed by atoms with Crippen molar-refractivity contribution >= 4 is 33.5 Å². The summed E-state index contributed by atoms with van der Waals surface area (Å²) in [5.74, 6) is -1.53. The lowest BCUT2D eigenvalue weighted by Gasteiger charge is -2.39. The van der Waals surface area contributed by atoms with Crippen molar-refractivity contribution in [3.05, 3.63) is 53.2 Å². The van der Waals surface area contributed by atoms with E-state index in [1.807, 2.05) is 0 Å². The maximum atomic E-state index is 15.0. The summed E-state index contributed by atoms with van der Waals surface area (Å²) in [5, 5.41) is 4.13. The van der Waals surface area contributed by atoms with Crippen LogP contribution in [0.2, 0.25) is 0 Å². The van der Waals surface area contributed by atoms with Gasteiger partial charge in [-0.1, -0.05) is 6.07 Å². The summed E-state index contributed by atoms with van der Waals surface area (Å²) in [7, 11) is -2.47. The average Bonchev–Trinajstić information content (AvgIpc) is 3.39. The standard InChI is InChI=1S/C23H24F3N7O4S/c1-22(18-5-6-23(12-24,21(27)30-22)38(18,34)35)14-7-13(3-4-15(14)25)8-16(26)17-9-29-19(10-28-17)36-11-20-31-33(2)32-37-20/h3-4,7-10,18,32H,5-6,11-12H2,1-2H3,(H2,27,30)/b16-8-/t18-,22+,23-/m0/s1. The quantitative estimate of drug-likeness (QED) is 0.528. The molecule has 0 spiro atoms. The van der Waals surface area contributed by atoms with Gasteiger partial charge >= 0.3 is 0 Å². The van der Waals surface area contributed by atoms with E-state index >= 15 is 8.78 Å². The summed E-state index contributed by atoms with van der Waals surface area (Å²) in [6, 6.07) is 3.72. The predicted octanol–water partition coefficient (Wildman–Crippen LogP) is 2.03. The van der Waals surface area contributed by atoms with Crippen molar-refractivity contribution in [3.8, 4) is 5.88 Å². The van der Waals surface area contributed by atoms with E-state index in [0.717, 1.165) is 18.3 Å². The molecular formula is C23H24F3N7O4S. The molecule has 3 aliphatic heterocycles. The first-order valence-electron chi connectivity index (χ1n) is 11.5. The van der Waals surface area contributed by atoms with Crippen molar-refractivity contribution in [2.45, 2.75) is 35.3 Å². The number of sulfone groups is 1. The molecule has 202 valence electrons. The SMILES string of the molecule is CN1N=C(COc2cnc(/C(F)=C/c3ccc(F)c([C@@]4(C)N=C(N)[C@@]5(CF)CC[C@@H]4S5(=O)=O)c3)cn2)ON1. The van der Waals surface area contributed by atoms with Crippen LogP contribution in [0.3, 0.4) is 0 Å². The van der Waals surface area contributed by atoms with Crippen molar-refractivity contribution in [1.29, 1.82) is 0 Å². The lowest BCUT2D eigenvalue weighted by Crippen LogP contribution is -2.58. The van der Waals surface area contributed by atoms with Crippen LogP contribution in [0.1, 0.15) is 36.6 Å². The smallest absolute Gasteiger partial charge is 0.272 e. The third-order valence-electron chi connectivity index (χ3n) is 6.99. The second-order valence-electron chi connectivity index (χ2n) is 9.32. The van der Waals surface area contributed by atoms with E-state index in [-0.39, 0.29) is 53.9 Å². The van der Waals surface area contributed by atoms with E-state index in [2.05, 4.69) is 25.7 Å². The third kappa shape index (κ3) is 4.05. The lowest BCUT2D eigenvalue weighted by molar-refractivity contribution is 0.0527. The first-order valence-corrected chi connectivity index (χ1v) is 13.1. The average molecular weight is 552 g/mol. The number of nitrogens with zero attached hydrogens (tertiary/aromatic N) is 5. The molecule has 0 saturated carbocycles. The first-order chi connectivity index (χ1) is 18.0. The van der Waals surface area contributed by atoms with Crippen LogP contribution in [0.15, 0.2) is 40.7 Å². The van der Waals surface area contributed by atoms with Crippen molar-refractivity contribution in [2.75, 3.05) is 20.3 Å². The number of ether oxygens (including phenoxy) is 1. The Bertz CT molecular complexity index is 1470. The number of aliphatic imine (C=N–C) groups is 1. The molecule has 38 heavy (non-hydrogen) atoms. The molecule has 3 N–H and O–H groups in total. The summed E-state index contributed by atoms with van der Waals surface area (Å²) < 4.78 is 73.8. The summed E-state index contributed by atoms with van der Waals surface area (Å²) in [6.45, 7) is 0.213. The Morgan fingerprint density at radius 3 is 2.82 bits per heavy atom. The molecule has 0 aliphatic carbocycles. The number of hydrazine groups is 1. The van der Waals surface area contributed by atoms with Gasteiger partial charge in [-0.25, -0.2) is 31.6 Å². The molecule has 3 aliphatic rings. The maximum absolute atomic E-state index is 15.0. The largest absolute Gasteiger partial charge is 0.466 e. The molecule has 1 aromatic heterocycles. The molecule has 2 bridgehead atoms. The Morgan fingerprint density at radius 2 is 2.16 bits per heavy atom. The second kappa shape index (κ2) is 9.23. The number of amidine groups is 1. The number of alkyl halides is 1. The van der Waals surface area contributed by atoms with E-state index in [1.165, 1.54) is 30.4 Å². The highest BCUT2D eigenvalue weighted by molar-refractivity contribution is 7.94. The van der Waals surface area contributed by atoms with E-state index in [1.54, 1.807) is 7.05 Å². The molecular weight excluding hydrogens is 527 g/mol. The van der Waals surface area contributed by atoms with Crippen LogP contribution in [0.5, 0.6) is 5.88 Å². The Labute approximate surface area is 216 Å². The zero-order valence-corrected chi connectivity index (χ0v) is 21.2. The molecule has 2 aromatic rings. The van der Waals surface area contributed by atoms with Gasteiger partial charge in [0.25, 0.3) is 5.90 Å². The number of benzene rings is 1. The van der Waals surface area contributed by atoms with Crippen LogP contribution in [-0.4, -0.2) is 65.6 Å². The highest BCUT2D eigenvalue weighted by Crippen LogP contribution is 2.52. The number of nitrogens with two attached hydrogens (primary N) is 1. The zero-order valence-electron chi connectivity index (χ0n) is 20.4. The summed E-state index contributed by atoms with van der Waals surface area (Å²) in [4.78, 5) is 17.3. The Morgan fingerprint density at radius 1 is 1.37 bits per heavy atom. The molecule has 11 nitrogen and oxygen atoms in total. The highest BCUT2D eigenvalue weighted by Gasteiger charge is 2.65. The van der Waals surface area contributed by atoms with Gasteiger partial charge < -0.3 is 15.3 Å². The molecule has 0 radical (unpaired) electrons. The van der Waals surface area contributed by atoms with Gasteiger partial charge in [0, 0.05) is 12.6 Å². The van der Waals surface area contributed by atoms with Crippen molar-refractivity contribution in [3.63, 3.8) is 0 Å². The Balaban J connectivity index is 1.40. The van der Waals surface area contributed by atoms with Crippen LogP contribution >= 0.6 is 0 Å². The van der Waals surface area contributed by atoms with Gasteiger partial charge in [-0.15, -0.1) is 5.10 Å². The van der Waals surface area contributed by atoms with Crippen molar-refractivity contribution < 1.29 is 31.2 Å². The zero-order chi connectivity index (χ0) is 27.3. The third-order valence-corrected chi connectivity index (χ3v) is 10.0. The molecule has 1 saturated heterocycles. The van der Waals surface area contributed by atoms with E-state index in [9.17, 15) is 12.8 Å². The summed E-state index contributed by atoms with van der Waals surface area (Å²) >= 11 is 0. The number of halogens is 3. The summed E-state index contributed by atoms with van der Waals surface area (Å²) in [5.41, 5.74) is 6.85. The fraction of sp³-hybridized carbons (Fsp3) is 0.391. The minimum atomic E-state index is -4.10. The van der Waals surface area contributed by atoms with Gasteiger partial charge in [0.05, 0.1) is 17.6 Å². The minimum absolute atomic E-state index is 0.0308. The number of aromatic nitrogens is 2. The van der Waals surface area contributed by atoms with Gasteiger partial charge in [-0.05, 0) is 49.1 Å². The number of nitrogens with one attached hydrogen (secondary N) is 1. The van der Waals surface area contributed by atoms with Gasteiger partial charge in [0.15, 0.2) is 27.0 Å². The van der Waals surface area contributed by atoms with E-state index in [0.29, 0.717) is 0 Å². The molecule has 1 aromatic carbocycles. The molecule has 0 unspecified atom stereocenters. The second-order valence-corrected chi connectivity index (χ2v) is 11.8. The predicted molar refractivity (Wildman–Crippen MR) is 132 cm³/mol. The highest BCUT2D eigenvalue weighted by atomic mass is 32.2. The molecule has 4 heterocycles. The van der Waals surface area contributed by atoms with Gasteiger partial charge in [-0.3, -0.25) is 4.99 Å². The fourth-order valence-corrected chi connectivity index (χ4v) is 7.58. The van der Waals surface area contributed by atoms with Crippen LogP contribution in [0.25, 0.3) is 11.9 Å². The normalized spacial score (nSPS) is 28.1. The number of hydrazone groups is 1. The van der Waals surface area contributed by atoms with Crippen molar-refractivity contribution in [1.82, 2.24) is 20.7 Å². The van der Waals surface area contributed by atoms with Gasteiger partial charge in [0.2, 0.25) is 5.88 Å². The first kappa shape index (κ1) is 25.9. The number of rotatable bonds is 7. The molecule has 1 fully saturated rings. The number of hydrogen-bond acceptors (Lipinski definition) is 11. The van der Waals surface area contributed by atoms with Crippen LogP contribution in [-0.2, 0) is 20.2 Å². The summed E-state index contributed by atoms with van der Waals surface area (Å²) in [6.07, 6.45) is 3.50. The number of fused-ring (bicyclic) bond motifs is 2. The minimum Gasteiger partial charge on any atom is -0.466 e. The van der Waals surface area contributed by atoms with Gasteiger partial charge in [-0.2, -0.15) is 5.12 Å². The lowest BCUT2D eigenvalue weighted by atomic mass is 9.86. The Hall–Kier alpha value is -3.72. The molecule has 15 heteroatoms. The monoisotopic (exact) mass is 551 g/mol. The fourth-order valence-electron chi connectivity index (χ4n) is 4.94. The van der Waals surface area contributed by atoms with Crippen LogP contribution in [0, 0.1) is 5.82 Å². The topological polar surface area (TPSA) is 144 Å². The van der Waals surface area contributed by atoms with E-state index < -0.39 is 43.7 Å². The van der Waals surface area contributed by atoms with Crippen LogP contribution < -0.4 is 16.1 Å². The maximum Gasteiger partial charge on any atom is 0.272 e. The van der Waals surface area contributed by atoms with Crippen LogP contribution in [0.4, 0.5) is 13.2 Å². The molecule has 3 atom stereocenters. The molecule has 0 amide bonds. The molecule has 5 rings (SSSR count). The number of hydrogen-bond donors (Lipinski definition) is 2. The Kier molecular flexibility index (Phi) is 6.30.